The van der Waals surface area contributed by atoms with Crippen molar-refractivity contribution in [3.63, 3.8) is 0 Å². The summed E-state index contributed by atoms with van der Waals surface area (Å²) in [6, 6.07) is -1.01. The van der Waals surface area contributed by atoms with E-state index in [0.29, 0.717) is 12.1 Å². The number of oxime groups is 1. The molecule has 2 aliphatic heterocycles. The number of rotatable bonds is 10. The van der Waals surface area contributed by atoms with Gasteiger partial charge in [-0.1, -0.05) is 5.16 Å². The zero-order chi connectivity index (χ0) is 25.2. The van der Waals surface area contributed by atoms with E-state index in [0.717, 1.165) is 16.4 Å². The molecule has 3 rings (SSSR count). The lowest BCUT2D eigenvalue weighted by Gasteiger charge is -2.51. The average Bonchev–Trinajstić information content (AvgIpc) is 3.20. The van der Waals surface area contributed by atoms with Gasteiger partial charge in [0.05, 0.1) is 25.3 Å². The van der Waals surface area contributed by atoms with Crippen LogP contribution in [-0.2, 0) is 24.0 Å². The first kappa shape index (κ1) is 25.4. The van der Waals surface area contributed by atoms with Gasteiger partial charge in [0.1, 0.15) is 25.1 Å². The molecule has 1 aromatic heterocycles. The zero-order valence-corrected chi connectivity index (χ0v) is 20.3. The number of thioether (sulfide) groups is 1. The van der Waals surface area contributed by atoms with E-state index >= 15 is 0 Å². The first-order chi connectivity index (χ1) is 16.0. The number of nitrogens with one attached hydrogen (secondary N) is 1. The van der Waals surface area contributed by atoms with E-state index in [1.807, 2.05) is 6.92 Å². The van der Waals surface area contributed by atoms with Gasteiger partial charge in [-0.05, 0) is 6.92 Å². The van der Waals surface area contributed by atoms with Gasteiger partial charge in [0.2, 0.25) is 11.5 Å². The second-order valence-corrected chi connectivity index (χ2v) is 9.79. The number of aromatic nitrogens is 2. The number of primary amides is 1. The van der Waals surface area contributed by atoms with E-state index in [1.54, 1.807) is 7.05 Å². The molecular formula is C18H24N8O6S2. The van der Waals surface area contributed by atoms with Crippen molar-refractivity contribution >= 4 is 57.8 Å². The van der Waals surface area contributed by atoms with Crippen LogP contribution in [0.5, 0.6) is 0 Å². The molecule has 34 heavy (non-hydrogen) atoms. The number of amides is 3. The molecule has 2 aliphatic rings. The van der Waals surface area contributed by atoms with Gasteiger partial charge in [0.15, 0.2) is 11.7 Å². The van der Waals surface area contributed by atoms with Crippen molar-refractivity contribution in [3.8, 4) is 0 Å². The largest absolute Gasteiger partial charge is 0.543 e. The van der Waals surface area contributed by atoms with Crippen LogP contribution < -0.4 is 21.9 Å². The summed E-state index contributed by atoms with van der Waals surface area (Å²) in [6.07, 6.45) is 0. The first-order valence-corrected chi connectivity index (χ1v) is 11.8. The summed E-state index contributed by atoms with van der Waals surface area (Å²) in [6.45, 7) is 2.58. The number of likely N-dealkylation sites (N-methyl/N-ethyl adjacent to an activating group) is 1. The number of fused-ring (bicyclic) bond motifs is 1. The minimum absolute atomic E-state index is 0.0117. The number of carboxylic acids is 1. The van der Waals surface area contributed by atoms with Crippen LogP contribution in [-0.4, -0.2) is 99.1 Å². The number of aliphatic carboxylic acids is 1. The molecule has 184 valence electrons. The molecule has 0 bridgehead atoms. The third-order valence-corrected chi connectivity index (χ3v) is 7.33. The van der Waals surface area contributed by atoms with E-state index in [2.05, 4.69) is 24.7 Å². The fraction of sp³-hybridized carbons (Fsp3) is 0.500. The summed E-state index contributed by atoms with van der Waals surface area (Å²) in [5.41, 5.74) is 10.8. The lowest BCUT2D eigenvalue weighted by atomic mass is 10.0. The molecule has 1 aromatic rings. The molecule has 0 saturated carbocycles. The molecule has 0 aromatic carbocycles. The number of nitrogen functional groups attached to an aromatic ring is 1. The summed E-state index contributed by atoms with van der Waals surface area (Å²) in [7, 11) is 3.01. The molecular weight excluding hydrogens is 488 g/mol. The van der Waals surface area contributed by atoms with Gasteiger partial charge in [-0.15, -0.1) is 11.8 Å². The maximum absolute atomic E-state index is 12.9. The van der Waals surface area contributed by atoms with E-state index in [-0.39, 0.29) is 45.7 Å². The average molecular weight is 513 g/mol. The minimum atomic E-state index is -1.51. The molecule has 0 radical (unpaired) electrons. The highest BCUT2D eigenvalue weighted by molar-refractivity contribution is 8.00. The monoisotopic (exact) mass is 512 g/mol. The van der Waals surface area contributed by atoms with Crippen molar-refractivity contribution in [1.29, 1.82) is 0 Å². The van der Waals surface area contributed by atoms with Crippen molar-refractivity contribution < 1.29 is 33.6 Å². The van der Waals surface area contributed by atoms with Crippen LogP contribution in [0.3, 0.4) is 0 Å². The predicted octanol–water partition coefficient (Wildman–Crippen LogP) is -3.17. The lowest BCUT2D eigenvalue weighted by Crippen LogP contribution is -2.72. The van der Waals surface area contributed by atoms with Crippen molar-refractivity contribution in [3.05, 3.63) is 17.1 Å². The van der Waals surface area contributed by atoms with Crippen LogP contribution in [0.1, 0.15) is 12.7 Å². The third-order valence-electron chi connectivity index (χ3n) is 5.45. The quantitative estimate of drug-likeness (QED) is 0.124. The van der Waals surface area contributed by atoms with Crippen molar-refractivity contribution in [2.75, 3.05) is 45.3 Å². The van der Waals surface area contributed by atoms with Crippen LogP contribution in [0.2, 0.25) is 0 Å². The zero-order valence-electron chi connectivity index (χ0n) is 18.6. The highest BCUT2D eigenvalue weighted by Gasteiger charge is 2.53. The summed E-state index contributed by atoms with van der Waals surface area (Å²) in [5, 5.41) is 17.6. The van der Waals surface area contributed by atoms with E-state index in [1.165, 1.54) is 18.9 Å². The van der Waals surface area contributed by atoms with Gasteiger partial charge in [-0.3, -0.25) is 19.3 Å². The summed E-state index contributed by atoms with van der Waals surface area (Å²) in [5.74, 6) is -3.23. The molecule has 14 nitrogen and oxygen atoms in total. The summed E-state index contributed by atoms with van der Waals surface area (Å²) in [4.78, 5) is 58.8. The Balaban J connectivity index is 1.81. The number of anilines is 1. The van der Waals surface area contributed by atoms with Gasteiger partial charge in [-0.2, -0.15) is 9.36 Å². The number of carbonyl (C=O) groups excluding carboxylic acids is 4. The maximum Gasteiger partial charge on any atom is 0.278 e. The molecule has 1 unspecified atom stereocenters. The molecule has 3 amide bonds. The number of nitrogens with two attached hydrogens (primary N) is 2. The highest BCUT2D eigenvalue weighted by Crippen LogP contribution is 2.40. The second kappa shape index (κ2) is 9.94. The second-order valence-electron chi connectivity index (χ2n) is 7.90. The first-order valence-electron chi connectivity index (χ1n) is 10.0. The Labute approximate surface area is 202 Å². The maximum atomic E-state index is 12.9. The minimum Gasteiger partial charge on any atom is -0.543 e. The van der Waals surface area contributed by atoms with Crippen molar-refractivity contribution in [1.82, 2.24) is 19.6 Å². The Bertz CT molecular complexity index is 1090. The summed E-state index contributed by atoms with van der Waals surface area (Å²) < 4.78 is 4.10. The number of quaternary nitrogens is 1. The number of nitrogens with zero attached hydrogens (tertiary/aromatic N) is 5. The van der Waals surface area contributed by atoms with Gasteiger partial charge in [0, 0.05) is 22.9 Å². The Hall–Kier alpha value is -3.24. The Morgan fingerprint density at radius 2 is 2.12 bits per heavy atom. The molecule has 3 heterocycles. The van der Waals surface area contributed by atoms with Gasteiger partial charge in [-0.25, -0.2) is 0 Å². The van der Waals surface area contributed by atoms with E-state index in [9.17, 15) is 24.3 Å². The highest BCUT2D eigenvalue weighted by atomic mass is 32.2. The topological polar surface area (TPSA) is 206 Å². The van der Waals surface area contributed by atoms with Gasteiger partial charge in [0.25, 0.3) is 17.7 Å². The number of carbonyl (C=O) groups is 4. The van der Waals surface area contributed by atoms with E-state index < -0.39 is 35.1 Å². The van der Waals surface area contributed by atoms with Crippen LogP contribution in [0.4, 0.5) is 5.13 Å². The van der Waals surface area contributed by atoms with Crippen LogP contribution in [0, 0.1) is 0 Å². The molecule has 0 aliphatic carbocycles. The summed E-state index contributed by atoms with van der Waals surface area (Å²) >= 11 is 2.15. The molecule has 1 saturated heterocycles. The normalized spacial score (nSPS) is 21.9. The number of hydrogen-bond acceptors (Lipinski definition) is 12. The Morgan fingerprint density at radius 3 is 2.65 bits per heavy atom. The molecule has 5 N–H and O–H groups in total. The Kier molecular flexibility index (Phi) is 7.42. The molecule has 3 atom stereocenters. The van der Waals surface area contributed by atoms with Crippen LogP contribution >= 0.6 is 23.3 Å². The standard InChI is InChI=1S/C18H24N8O6S2/c1-4-26(2,6-9(19)27)5-8-7-33-16-11(15(29)25(16)12(8)17(30)31)21-14(28)10(23-32-3)13-22-18(20)34-24-13/h11,16H,4-7H2,1-3H3,(H5-,19,20,21,22,24,27,28,30,31)/b23-10-/t11-,16-,26?/m1/s1. The van der Waals surface area contributed by atoms with Crippen LogP contribution in [0.25, 0.3) is 0 Å². The number of hydrogen-bond donors (Lipinski definition) is 3. The lowest BCUT2D eigenvalue weighted by molar-refractivity contribution is -0.895. The Morgan fingerprint density at radius 1 is 1.41 bits per heavy atom. The molecule has 1 fully saturated rings. The molecule has 16 heteroatoms. The number of carboxylic acid groups (broad SMARTS) is 1. The third kappa shape index (κ3) is 4.97. The predicted molar refractivity (Wildman–Crippen MR) is 121 cm³/mol. The fourth-order valence-corrected chi connectivity index (χ4v) is 5.50. The van der Waals surface area contributed by atoms with E-state index in [4.69, 9.17) is 11.5 Å². The SMILES string of the molecule is CC[N+](C)(CC(N)=O)CC1=C(C(=O)[O-])N2C(=O)[C@@H](NC(=O)/C(=N\OC)c3nsc(N)n3)[C@H]2SC1. The number of β-lactam (4-membered cyclic amide) rings is 1. The van der Waals surface area contributed by atoms with Crippen molar-refractivity contribution in [2.45, 2.75) is 18.3 Å². The molecule has 0 spiro atoms. The van der Waals surface area contributed by atoms with Crippen LogP contribution in [0.15, 0.2) is 16.4 Å². The van der Waals surface area contributed by atoms with Gasteiger partial charge >= 0.3 is 0 Å². The van der Waals surface area contributed by atoms with Gasteiger partial charge < -0.3 is 36.0 Å². The smallest absolute Gasteiger partial charge is 0.278 e. The van der Waals surface area contributed by atoms with Crippen molar-refractivity contribution in [2.24, 2.45) is 10.9 Å². The fourth-order valence-electron chi connectivity index (χ4n) is 3.73.